The first kappa shape index (κ1) is 11.7. The number of nitrogens with zero attached hydrogens (tertiary/aromatic N) is 1. The minimum absolute atomic E-state index is 0.155. The number of carboxylic acids is 1. The van der Waals surface area contributed by atoms with Gasteiger partial charge in [0.05, 0.1) is 12.2 Å². The molecule has 82 valence electrons. The second kappa shape index (κ2) is 4.90. The van der Waals surface area contributed by atoms with Crippen LogP contribution in [0.5, 0.6) is 0 Å². The van der Waals surface area contributed by atoms with Gasteiger partial charge in [-0.05, 0) is 25.5 Å². The topological polar surface area (TPSA) is 69.6 Å². The molecule has 0 saturated carbocycles. The lowest BCUT2D eigenvalue weighted by molar-refractivity contribution is -0.116. The number of anilines is 1. The summed E-state index contributed by atoms with van der Waals surface area (Å²) in [4.78, 5) is 24.0. The van der Waals surface area contributed by atoms with E-state index in [0.717, 1.165) is 11.3 Å². The van der Waals surface area contributed by atoms with Crippen LogP contribution < -0.4 is 5.32 Å². The molecule has 15 heavy (non-hydrogen) atoms. The van der Waals surface area contributed by atoms with E-state index in [9.17, 15) is 9.59 Å². The van der Waals surface area contributed by atoms with E-state index >= 15 is 0 Å². The Morgan fingerprint density at radius 2 is 2.20 bits per heavy atom. The number of likely N-dealkylation sites (N-methyl/N-ethyl adjacent to an activating group) is 1. The first-order valence-electron chi connectivity index (χ1n) is 4.26. The van der Waals surface area contributed by atoms with Crippen LogP contribution in [0.4, 0.5) is 5.69 Å². The molecule has 0 saturated heterocycles. The van der Waals surface area contributed by atoms with E-state index in [1.165, 1.54) is 0 Å². The summed E-state index contributed by atoms with van der Waals surface area (Å²) in [6.45, 7) is 0.231. The normalized spacial score (nSPS) is 10.3. The van der Waals surface area contributed by atoms with Crippen molar-refractivity contribution in [1.29, 1.82) is 0 Å². The van der Waals surface area contributed by atoms with Crippen LogP contribution in [-0.4, -0.2) is 42.5 Å². The van der Waals surface area contributed by atoms with E-state index in [1.807, 2.05) is 0 Å². The summed E-state index contributed by atoms with van der Waals surface area (Å²) < 4.78 is 0. The number of aromatic carboxylic acids is 1. The number of carbonyl (C=O) groups excluding carboxylic acids is 1. The van der Waals surface area contributed by atoms with Crippen molar-refractivity contribution in [3.63, 3.8) is 0 Å². The number of hydrogen-bond donors (Lipinski definition) is 2. The number of carbonyl (C=O) groups is 2. The molecule has 0 aliphatic carbocycles. The lowest BCUT2D eigenvalue weighted by Crippen LogP contribution is -2.27. The Morgan fingerprint density at radius 3 is 2.73 bits per heavy atom. The Hall–Kier alpha value is -1.40. The quantitative estimate of drug-likeness (QED) is 0.805. The van der Waals surface area contributed by atoms with Crippen molar-refractivity contribution in [2.24, 2.45) is 0 Å². The molecule has 0 atom stereocenters. The van der Waals surface area contributed by atoms with E-state index in [1.54, 1.807) is 30.4 Å². The number of amides is 1. The van der Waals surface area contributed by atoms with Gasteiger partial charge in [0.2, 0.25) is 5.91 Å². The van der Waals surface area contributed by atoms with Gasteiger partial charge < -0.3 is 15.3 Å². The van der Waals surface area contributed by atoms with Crippen LogP contribution in [0.15, 0.2) is 11.4 Å². The fraction of sp³-hybridized carbons (Fsp3) is 0.333. The maximum Gasteiger partial charge on any atom is 0.348 e. The molecule has 0 bridgehead atoms. The zero-order valence-corrected chi connectivity index (χ0v) is 9.30. The molecule has 0 aromatic carbocycles. The van der Waals surface area contributed by atoms with Gasteiger partial charge >= 0.3 is 5.97 Å². The smallest absolute Gasteiger partial charge is 0.348 e. The van der Waals surface area contributed by atoms with E-state index in [0.29, 0.717) is 5.69 Å². The van der Waals surface area contributed by atoms with Crippen LogP contribution in [0.25, 0.3) is 0 Å². The standard InChI is InChI=1S/C9H12N2O3S/c1-11(2)5-7(12)10-6-3-4-15-8(6)9(13)14/h3-4H,5H2,1-2H3,(H,10,12)(H,13,14). The van der Waals surface area contributed by atoms with Crippen LogP contribution >= 0.6 is 11.3 Å². The van der Waals surface area contributed by atoms with Crippen molar-refractivity contribution in [3.8, 4) is 0 Å². The van der Waals surface area contributed by atoms with Gasteiger partial charge in [-0.3, -0.25) is 4.79 Å². The average Bonchev–Trinajstić information content (AvgIpc) is 2.50. The molecule has 1 aromatic heterocycles. The second-order valence-electron chi connectivity index (χ2n) is 3.25. The average molecular weight is 228 g/mol. The molecule has 0 fully saturated rings. The Labute approximate surface area is 91.3 Å². The van der Waals surface area contributed by atoms with Crippen LogP contribution in [-0.2, 0) is 4.79 Å². The number of carboxylic acid groups (broad SMARTS) is 1. The van der Waals surface area contributed by atoms with Crippen molar-refractivity contribution in [2.45, 2.75) is 0 Å². The van der Waals surface area contributed by atoms with Gasteiger partial charge in [0.1, 0.15) is 4.88 Å². The van der Waals surface area contributed by atoms with Crippen LogP contribution in [0.3, 0.4) is 0 Å². The number of thiophene rings is 1. The molecular formula is C9H12N2O3S. The van der Waals surface area contributed by atoms with Gasteiger partial charge in [-0.25, -0.2) is 4.79 Å². The third-order valence-electron chi connectivity index (χ3n) is 1.59. The molecule has 1 heterocycles. The van der Waals surface area contributed by atoms with Gasteiger partial charge in [0.25, 0.3) is 0 Å². The van der Waals surface area contributed by atoms with Crippen molar-refractivity contribution in [2.75, 3.05) is 26.0 Å². The molecule has 1 rings (SSSR count). The Morgan fingerprint density at radius 1 is 1.53 bits per heavy atom. The predicted octanol–water partition coefficient (Wildman–Crippen LogP) is 0.946. The molecule has 0 aliphatic heterocycles. The minimum atomic E-state index is -1.02. The molecule has 1 amide bonds. The first-order valence-corrected chi connectivity index (χ1v) is 5.14. The molecule has 0 radical (unpaired) electrons. The molecule has 5 nitrogen and oxygen atoms in total. The molecular weight excluding hydrogens is 216 g/mol. The summed E-state index contributed by atoms with van der Waals surface area (Å²) in [7, 11) is 3.54. The summed E-state index contributed by atoms with van der Waals surface area (Å²) in [6, 6.07) is 1.58. The Bertz CT molecular complexity index is 373. The molecule has 6 heteroatoms. The molecule has 1 aromatic rings. The summed E-state index contributed by atoms with van der Waals surface area (Å²) >= 11 is 1.09. The minimum Gasteiger partial charge on any atom is -0.477 e. The van der Waals surface area contributed by atoms with Crippen LogP contribution in [0, 0.1) is 0 Å². The summed E-state index contributed by atoms with van der Waals surface area (Å²) in [5, 5.41) is 13.0. The van der Waals surface area contributed by atoms with Gasteiger partial charge in [0.15, 0.2) is 0 Å². The fourth-order valence-corrected chi connectivity index (χ4v) is 1.74. The lowest BCUT2D eigenvalue weighted by Gasteiger charge is -2.09. The van der Waals surface area contributed by atoms with Crippen molar-refractivity contribution < 1.29 is 14.7 Å². The summed E-state index contributed by atoms with van der Waals surface area (Å²) in [5.74, 6) is -1.24. The zero-order chi connectivity index (χ0) is 11.4. The SMILES string of the molecule is CN(C)CC(=O)Nc1ccsc1C(=O)O. The maximum absolute atomic E-state index is 11.4. The van der Waals surface area contributed by atoms with E-state index in [-0.39, 0.29) is 17.3 Å². The predicted molar refractivity (Wildman–Crippen MR) is 58.5 cm³/mol. The zero-order valence-electron chi connectivity index (χ0n) is 8.48. The summed E-state index contributed by atoms with van der Waals surface area (Å²) in [5.41, 5.74) is 0.361. The van der Waals surface area contributed by atoms with Gasteiger partial charge in [-0.1, -0.05) is 0 Å². The Kier molecular flexibility index (Phi) is 3.81. The van der Waals surface area contributed by atoms with Gasteiger partial charge in [-0.2, -0.15) is 0 Å². The van der Waals surface area contributed by atoms with E-state index in [4.69, 9.17) is 5.11 Å². The number of rotatable bonds is 4. The van der Waals surface area contributed by atoms with Crippen molar-refractivity contribution in [3.05, 3.63) is 16.3 Å². The highest BCUT2D eigenvalue weighted by atomic mass is 32.1. The van der Waals surface area contributed by atoms with Crippen LogP contribution in [0.1, 0.15) is 9.67 Å². The largest absolute Gasteiger partial charge is 0.477 e. The van der Waals surface area contributed by atoms with Crippen LogP contribution in [0.2, 0.25) is 0 Å². The number of hydrogen-bond acceptors (Lipinski definition) is 4. The van der Waals surface area contributed by atoms with Crippen molar-refractivity contribution >= 4 is 28.9 Å². The third kappa shape index (κ3) is 3.34. The van der Waals surface area contributed by atoms with Crippen molar-refractivity contribution in [1.82, 2.24) is 4.90 Å². The highest BCUT2D eigenvalue weighted by Crippen LogP contribution is 2.21. The number of nitrogens with one attached hydrogen (secondary N) is 1. The second-order valence-corrected chi connectivity index (χ2v) is 4.17. The van der Waals surface area contributed by atoms with Gasteiger partial charge in [0, 0.05) is 0 Å². The fourth-order valence-electron chi connectivity index (χ4n) is 1.05. The van der Waals surface area contributed by atoms with Gasteiger partial charge in [-0.15, -0.1) is 11.3 Å². The lowest BCUT2D eigenvalue weighted by atomic mass is 10.3. The maximum atomic E-state index is 11.4. The molecule has 0 aliphatic rings. The highest BCUT2D eigenvalue weighted by Gasteiger charge is 2.13. The molecule has 0 spiro atoms. The monoisotopic (exact) mass is 228 g/mol. The molecule has 2 N–H and O–H groups in total. The molecule has 0 unspecified atom stereocenters. The summed E-state index contributed by atoms with van der Waals surface area (Å²) in [6.07, 6.45) is 0. The van der Waals surface area contributed by atoms with E-state index in [2.05, 4.69) is 5.32 Å². The highest BCUT2D eigenvalue weighted by molar-refractivity contribution is 7.12. The first-order chi connectivity index (χ1) is 7.00. The third-order valence-corrected chi connectivity index (χ3v) is 2.50. The van der Waals surface area contributed by atoms with E-state index < -0.39 is 5.97 Å². The Balaban J connectivity index is 2.68.